The molecule has 0 fully saturated rings. The minimum Gasteiger partial charge on any atom is -0.397 e. The number of nitrogens with zero attached hydrogens (tertiary/aromatic N) is 3. The van der Waals surface area contributed by atoms with Crippen LogP contribution in [0, 0.1) is 0 Å². The van der Waals surface area contributed by atoms with Crippen molar-refractivity contribution in [1.29, 1.82) is 0 Å². The van der Waals surface area contributed by atoms with Gasteiger partial charge in [-0.2, -0.15) is 5.10 Å². The van der Waals surface area contributed by atoms with Gasteiger partial charge in [0.05, 0.1) is 23.8 Å². The topological polar surface area (TPSA) is 103 Å². The van der Waals surface area contributed by atoms with Gasteiger partial charge in [-0.3, -0.25) is 9.67 Å². The van der Waals surface area contributed by atoms with Crippen molar-refractivity contribution in [3.05, 3.63) is 24.7 Å². The minimum atomic E-state index is -3.63. The zero-order valence-electron chi connectivity index (χ0n) is 10.7. The third-order valence-corrected chi connectivity index (χ3v) is 4.04. The van der Waals surface area contributed by atoms with Gasteiger partial charge in [-0.25, -0.2) is 13.1 Å². The highest BCUT2D eigenvalue weighted by molar-refractivity contribution is 7.89. The van der Waals surface area contributed by atoms with Crippen molar-refractivity contribution in [3.8, 4) is 11.3 Å². The molecule has 0 saturated heterocycles. The van der Waals surface area contributed by atoms with E-state index in [1.165, 1.54) is 12.3 Å². The third kappa shape index (κ3) is 2.74. The van der Waals surface area contributed by atoms with E-state index >= 15 is 0 Å². The Balaban J connectivity index is 2.63. The molecule has 0 aliphatic rings. The van der Waals surface area contributed by atoms with Gasteiger partial charge >= 0.3 is 0 Å². The van der Waals surface area contributed by atoms with Crippen molar-refractivity contribution in [2.24, 2.45) is 7.05 Å². The summed E-state index contributed by atoms with van der Waals surface area (Å²) in [6.45, 7) is 2.00. The lowest BCUT2D eigenvalue weighted by Gasteiger charge is -2.09. The van der Waals surface area contributed by atoms with Crippen molar-refractivity contribution < 1.29 is 8.42 Å². The lowest BCUT2D eigenvalue weighted by Crippen LogP contribution is -2.24. The fraction of sp³-hybridized carbons (Fsp3) is 0.273. The van der Waals surface area contributed by atoms with Gasteiger partial charge in [0.25, 0.3) is 0 Å². The fourth-order valence-corrected chi connectivity index (χ4v) is 2.94. The van der Waals surface area contributed by atoms with E-state index < -0.39 is 10.0 Å². The number of nitrogen functional groups attached to an aromatic ring is 1. The van der Waals surface area contributed by atoms with Crippen molar-refractivity contribution in [2.75, 3.05) is 12.3 Å². The van der Waals surface area contributed by atoms with Crippen molar-refractivity contribution in [3.63, 3.8) is 0 Å². The van der Waals surface area contributed by atoms with Crippen LogP contribution in [0.5, 0.6) is 0 Å². The van der Waals surface area contributed by atoms with Crippen molar-refractivity contribution in [1.82, 2.24) is 19.5 Å². The average Bonchev–Trinajstić information content (AvgIpc) is 2.75. The Morgan fingerprint density at radius 3 is 2.74 bits per heavy atom. The number of pyridine rings is 1. The van der Waals surface area contributed by atoms with Crippen molar-refractivity contribution >= 4 is 15.7 Å². The quantitative estimate of drug-likeness (QED) is 0.842. The summed E-state index contributed by atoms with van der Waals surface area (Å²) in [6.07, 6.45) is 4.68. The average molecular weight is 281 g/mol. The molecule has 2 heterocycles. The molecular formula is C11H15N5O2S. The van der Waals surface area contributed by atoms with E-state index in [0.717, 1.165) is 0 Å². The zero-order chi connectivity index (χ0) is 14.0. The van der Waals surface area contributed by atoms with Gasteiger partial charge in [0, 0.05) is 25.4 Å². The Hall–Kier alpha value is -1.93. The molecule has 0 saturated carbocycles. The first-order valence-electron chi connectivity index (χ1n) is 5.68. The molecule has 0 bridgehead atoms. The van der Waals surface area contributed by atoms with Gasteiger partial charge in [0.2, 0.25) is 10.0 Å². The van der Waals surface area contributed by atoms with E-state index in [-0.39, 0.29) is 4.90 Å². The van der Waals surface area contributed by atoms with Crippen LogP contribution in [-0.2, 0) is 17.1 Å². The summed E-state index contributed by atoms with van der Waals surface area (Å²) >= 11 is 0. The van der Waals surface area contributed by atoms with Crippen LogP contribution in [0.15, 0.2) is 29.6 Å². The van der Waals surface area contributed by atoms with Gasteiger partial charge in [0.15, 0.2) is 0 Å². The number of anilines is 1. The summed E-state index contributed by atoms with van der Waals surface area (Å²) in [4.78, 5) is 4.17. The molecule has 0 unspecified atom stereocenters. The highest BCUT2D eigenvalue weighted by Crippen LogP contribution is 2.26. The maximum absolute atomic E-state index is 12.2. The number of sulfonamides is 1. The number of nitrogens with one attached hydrogen (secondary N) is 1. The van der Waals surface area contributed by atoms with Crippen LogP contribution in [0.25, 0.3) is 11.3 Å². The van der Waals surface area contributed by atoms with E-state index in [9.17, 15) is 8.42 Å². The molecule has 0 aliphatic heterocycles. The predicted molar refractivity (Wildman–Crippen MR) is 71.7 cm³/mol. The number of rotatable bonds is 4. The van der Waals surface area contributed by atoms with Crippen LogP contribution in [0.3, 0.4) is 0 Å². The Morgan fingerprint density at radius 2 is 2.16 bits per heavy atom. The fourth-order valence-electron chi connectivity index (χ4n) is 1.69. The molecule has 3 N–H and O–H groups in total. The normalized spacial score (nSPS) is 11.7. The van der Waals surface area contributed by atoms with Crippen LogP contribution in [0.2, 0.25) is 0 Å². The third-order valence-electron chi connectivity index (χ3n) is 2.48. The monoisotopic (exact) mass is 281 g/mol. The van der Waals surface area contributed by atoms with E-state index in [1.54, 1.807) is 31.0 Å². The Morgan fingerprint density at radius 1 is 1.42 bits per heavy atom. The van der Waals surface area contributed by atoms with Crippen LogP contribution >= 0.6 is 0 Å². The largest absolute Gasteiger partial charge is 0.397 e. The molecule has 0 radical (unpaired) electrons. The maximum atomic E-state index is 12.2. The number of aryl methyl sites for hydroxylation is 1. The van der Waals surface area contributed by atoms with E-state index in [2.05, 4.69) is 14.8 Å². The molecule has 2 aromatic heterocycles. The van der Waals surface area contributed by atoms with E-state index in [4.69, 9.17) is 5.73 Å². The molecule has 19 heavy (non-hydrogen) atoms. The summed E-state index contributed by atoms with van der Waals surface area (Å²) in [5.41, 5.74) is 6.88. The van der Waals surface area contributed by atoms with E-state index in [1.807, 2.05) is 0 Å². The molecule has 0 atom stereocenters. The SMILES string of the molecule is CCNS(=O)(=O)c1cc(N)cnc1-c1cnn(C)c1. The highest BCUT2D eigenvalue weighted by Gasteiger charge is 2.21. The number of hydrogen-bond donors (Lipinski definition) is 2. The molecule has 0 amide bonds. The highest BCUT2D eigenvalue weighted by atomic mass is 32.2. The van der Waals surface area contributed by atoms with Crippen LogP contribution < -0.4 is 10.5 Å². The summed E-state index contributed by atoms with van der Waals surface area (Å²) in [5, 5.41) is 4.01. The standard InChI is InChI=1S/C11H15N5O2S/c1-3-15-19(17,18)10-4-9(12)6-13-11(10)8-5-14-16(2)7-8/h4-7,15H,3,12H2,1-2H3. The van der Waals surface area contributed by atoms with E-state index in [0.29, 0.717) is 23.5 Å². The number of hydrogen-bond acceptors (Lipinski definition) is 5. The predicted octanol–water partition coefficient (Wildman–Crippen LogP) is 0.362. The molecule has 102 valence electrons. The van der Waals surface area contributed by atoms with Crippen molar-refractivity contribution in [2.45, 2.75) is 11.8 Å². The number of nitrogens with two attached hydrogens (primary N) is 1. The molecule has 7 nitrogen and oxygen atoms in total. The van der Waals surface area contributed by atoms with Gasteiger partial charge in [-0.1, -0.05) is 6.92 Å². The molecular weight excluding hydrogens is 266 g/mol. The molecule has 8 heteroatoms. The molecule has 0 aromatic carbocycles. The summed E-state index contributed by atoms with van der Waals surface area (Å²) in [7, 11) is -1.88. The Bertz CT molecular complexity index is 693. The molecule has 0 aliphatic carbocycles. The van der Waals surface area contributed by atoms with Crippen LogP contribution in [-0.4, -0.2) is 29.7 Å². The van der Waals surface area contributed by atoms with Crippen LogP contribution in [0.4, 0.5) is 5.69 Å². The second-order valence-electron chi connectivity index (χ2n) is 4.02. The molecule has 2 rings (SSSR count). The first-order chi connectivity index (χ1) is 8.94. The minimum absolute atomic E-state index is 0.0577. The summed E-state index contributed by atoms with van der Waals surface area (Å²) in [6, 6.07) is 1.40. The van der Waals surface area contributed by atoms with Crippen LogP contribution in [0.1, 0.15) is 6.92 Å². The number of aromatic nitrogens is 3. The molecule has 0 spiro atoms. The lowest BCUT2D eigenvalue weighted by molar-refractivity contribution is 0.584. The Labute approximate surface area is 111 Å². The maximum Gasteiger partial charge on any atom is 0.242 e. The summed E-state index contributed by atoms with van der Waals surface area (Å²) < 4.78 is 28.3. The first-order valence-corrected chi connectivity index (χ1v) is 7.16. The lowest BCUT2D eigenvalue weighted by atomic mass is 10.2. The first kappa shape index (κ1) is 13.5. The van der Waals surface area contributed by atoms with Gasteiger partial charge in [0.1, 0.15) is 4.90 Å². The van der Waals surface area contributed by atoms with Gasteiger partial charge in [-0.05, 0) is 6.07 Å². The zero-order valence-corrected chi connectivity index (χ0v) is 11.5. The second kappa shape index (κ2) is 4.98. The van der Waals surface area contributed by atoms with Gasteiger partial charge < -0.3 is 5.73 Å². The Kier molecular flexibility index (Phi) is 3.54. The summed E-state index contributed by atoms with van der Waals surface area (Å²) in [5.74, 6) is 0. The second-order valence-corrected chi connectivity index (χ2v) is 5.75. The molecule has 2 aromatic rings. The smallest absolute Gasteiger partial charge is 0.242 e. The van der Waals surface area contributed by atoms with Gasteiger partial charge in [-0.15, -0.1) is 0 Å².